The summed E-state index contributed by atoms with van der Waals surface area (Å²) in [5.41, 5.74) is 2.85. The van der Waals surface area contributed by atoms with Crippen molar-refractivity contribution in [2.75, 3.05) is 18.4 Å². The minimum absolute atomic E-state index is 0.0172. The lowest BCUT2D eigenvalue weighted by molar-refractivity contribution is -0.130. The van der Waals surface area contributed by atoms with E-state index in [0.717, 1.165) is 22.0 Å². The second-order valence-electron chi connectivity index (χ2n) is 6.16. The maximum Gasteiger partial charge on any atom is 0.245 e. The smallest absolute Gasteiger partial charge is 0.245 e. The molecule has 1 aromatic heterocycles. The largest absolute Gasteiger partial charge is 0.339 e. The molecule has 2 aromatic rings. The van der Waals surface area contributed by atoms with Gasteiger partial charge in [0.15, 0.2) is 0 Å². The SMILES string of the molecule is C=CC(=O)N1CCC(C(=O)Nc2ccc(-c3nc(C)cs3)cc2)CC1. The molecule has 3 rings (SSSR count). The number of benzene rings is 1. The van der Waals surface area contributed by atoms with Gasteiger partial charge >= 0.3 is 0 Å². The predicted octanol–water partition coefficient (Wildman–Crippen LogP) is 3.48. The van der Waals surface area contributed by atoms with E-state index in [4.69, 9.17) is 0 Å². The Kier molecular flexibility index (Phi) is 5.28. The van der Waals surface area contributed by atoms with E-state index < -0.39 is 0 Å². The van der Waals surface area contributed by atoms with E-state index in [2.05, 4.69) is 16.9 Å². The maximum absolute atomic E-state index is 12.4. The standard InChI is InChI=1S/C19H21N3O2S/c1-3-17(23)22-10-8-14(9-11-22)18(24)21-16-6-4-15(5-7-16)19-20-13(2)12-25-19/h3-7,12,14H,1,8-11H2,2H3,(H,21,24). The number of amides is 2. The number of nitrogens with zero attached hydrogens (tertiary/aromatic N) is 2. The number of hydrogen-bond acceptors (Lipinski definition) is 4. The van der Waals surface area contributed by atoms with Crippen LogP contribution < -0.4 is 5.32 Å². The van der Waals surface area contributed by atoms with E-state index in [1.165, 1.54) is 6.08 Å². The molecule has 6 heteroatoms. The Morgan fingerprint density at radius 1 is 1.28 bits per heavy atom. The van der Waals surface area contributed by atoms with Gasteiger partial charge in [0.05, 0.1) is 0 Å². The van der Waals surface area contributed by atoms with Crippen LogP contribution in [0.1, 0.15) is 18.5 Å². The van der Waals surface area contributed by atoms with Gasteiger partial charge < -0.3 is 10.2 Å². The number of piperidine rings is 1. The van der Waals surface area contributed by atoms with E-state index >= 15 is 0 Å². The third-order valence-electron chi connectivity index (χ3n) is 4.37. The van der Waals surface area contributed by atoms with Gasteiger partial charge in [-0.1, -0.05) is 6.58 Å². The first-order valence-corrected chi connectivity index (χ1v) is 9.19. The lowest BCUT2D eigenvalue weighted by atomic mass is 9.95. The fourth-order valence-electron chi connectivity index (χ4n) is 2.92. The summed E-state index contributed by atoms with van der Waals surface area (Å²) in [5, 5.41) is 5.98. The van der Waals surface area contributed by atoms with Crippen LogP contribution in [0.5, 0.6) is 0 Å². The summed E-state index contributed by atoms with van der Waals surface area (Å²) in [5.74, 6) is -0.106. The molecule has 1 aliphatic heterocycles. The van der Waals surface area contributed by atoms with Crippen molar-refractivity contribution in [1.29, 1.82) is 0 Å². The Bertz CT molecular complexity index is 774. The molecule has 1 aliphatic rings. The Morgan fingerprint density at radius 2 is 1.96 bits per heavy atom. The fourth-order valence-corrected chi connectivity index (χ4v) is 3.72. The number of likely N-dealkylation sites (tertiary alicyclic amines) is 1. The van der Waals surface area contributed by atoms with Crippen LogP contribution in [0.15, 0.2) is 42.3 Å². The molecule has 1 saturated heterocycles. The van der Waals surface area contributed by atoms with Crippen molar-refractivity contribution >= 4 is 28.8 Å². The first-order valence-electron chi connectivity index (χ1n) is 8.31. The number of anilines is 1. The van der Waals surface area contributed by atoms with E-state index in [1.54, 1.807) is 16.2 Å². The van der Waals surface area contributed by atoms with Crippen molar-refractivity contribution < 1.29 is 9.59 Å². The van der Waals surface area contributed by atoms with Crippen LogP contribution in [0, 0.1) is 12.8 Å². The number of carbonyl (C=O) groups excluding carboxylic acids is 2. The van der Waals surface area contributed by atoms with Gasteiger partial charge in [-0.15, -0.1) is 11.3 Å². The van der Waals surface area contributed by atoms with Crippen molar-refractivity contribution in [3.8, 4) is 10.6 Å². The highest BCUT2D eigenvalue weighted by atomic mass is 32.1. The van der Waals surface area contributed by atoms with Gasteiger partial charge in [0.1, 0.15) is 5.01 Å². The first-order chi connectivity index (χ1) is 12.1. The average Bonchev–Trinajstić information content (AvgIpc) is 3.08. The van der Waals surface area contributed by atoms with Crippen molar-refractivity contribution in [2.24, 2.45) is 5.92 Å². The molecule has 0 unspecified atom stereocenters. The van der Waals surface area contributed by atoms with Crippen LogP contribution >= 0.6 is 11.3 Å². The van der Waals surface area contributed by atoms with Crippen LogP contribution in [0.3, 0.4) is 0 Å². The summed E-state index contributed by atoms with van der Waals surface area (Å²) in [6, 6.07) is 7.75. The lowest BCUT2D eigenvalue weighted by Crippen LogP contribution is -2.40. The molecule has 2 heterocycles. The number of carbonyl (C=O) groups is 2. The molecule has 1 N–H and O–H groups in total. The monoisotopic (exact) mass is 355 g/mol. The maximum atomic E-state index is 12.4. The summed E-state index contributed by atoms with van der Waals surface area (Å²) >= 11 is 1.61. The number of nitrogens with one attached hydrogen (secondary N) is 1. The van der Waals surface area contributed by atoms with Crippen molar-refractivity contribution in [1.82, 2.24) is 9.88 Å². The zero-order valence-electron chi connectivity index (χ0n) is 14.2. The molecule has 130 valence electrons. The lowest BCUT2D eigenvalue weighted by Gasteiger charge is -2.30. The van der Waals surface area contributed by atoms with Gasteiger partial charge in [-0.3, -0.25) is 9.59 Å². The molecular formula is C19H21N3O2S. The summed E-state index contributed by atoms with van der Waals surface area (Å²) < 4.78 is 0. The zero-order chi connectivity index (χ0) is 17.8. The van der Waals surface area contributed by atoms with Crippen LogP contribution in [0.2, 0.25) is 0 Å². The van der Waals surface area contributed by atoms with Gasteiger partial charge in [0.2, 0.25) is 11.8 Å². The Balaban J connectivity index is 1.56. The second kappa shape index (κ2) is 7.61. The van der Waals surface area contributed by atoms with Gasteiger partial charge in [-0.05, 0) is 50.1 Å². The molecule has 2 amide bonds. The summed E-state index contributed by atoms with van der Waals surface area (Å²) in [4.78, 5) is 30.2. The third kappa shape index (κ3) is 4.14. The molecular weight excluding hydrogens is 334 g/mol. The molecule has 0 spiro atoms. The van der Waals surface area contributed by atoms with Gasteiger partial charge in [-0.25, -0.2) is 4.98 Å². The molecule has 0 aliphatic carbocycles. The highest BCUT2D eigenvalue weighted by Crippen LogP contribution is 2.25. The summed E-state index contributed by atoms with van der Waals surface area (Å²) in [7, 11) is 0. The molecule has 0 atom stereocenters. The van der Waals surface area contributed by atoms with Crippen LogP contribution in [0.4, 0.5) is 5.69 Å². The number of aromatic nitrogens is 1. The topological polar surface area (TPSA) is 62.3 Å². The van der Waals surface area contributed by atoms with E-state index in [-0.39, 0.29) is 17.7 Å². The third-order valence-corrected chi connectivity index (χ3v) is 5.38. The molecule has 1 aromatic carbocycles. The molecule has 25 heavy (non-hydrogen) atoms. The average molecular weight is 355 g/mol. The van der Waals surface area contributed by atoms with Gasteiger partial charge in [-0.2, -0.15) is 0 Å². The fraction of sp³-hybridized carbons (Fsp3) is 0.316. The number of thiazole rings is 1. The Labute approximate surface area is 151 Å². The Morgan fingerprint density at radius 3 is 2.52 bits per heavy atom. The zero-order valence-corrected chi connectivity index (χ0v) is 15.0. The molecule has 0 bridgehead atoms. The molecule has 0 radical (unpaired) electrons. The van der Waals surface area contributed by atoms with Crippen molar-refractivity contribution in [3.63, 3.8) is 0 Å². The molecule has 1 fully saturated rings. The second-order valence-corrected chi connectivity index (χ2v) is 7.02. The van der Waals surface area contributed by atoms with Crippen molar-refractivity contribution in [3.05, 3.63) is 48.0 Å². The number of rotatable bonds is 4. The van der Waals surface area contributed by atoms with E-state index in [1.807, 2.05) is 36.6 Å². The van der Waals surface area contributed by atoms with Gasteiger partial charge in [0, 0.05) is 41.3 Å². The van der Waals surface area contributed by atoms with Crippen molar-refractivity contribution in [2.45, 2.75) is 19.8 Å². The highest BCUT2D eigenvalue weighted by Gasteiger charge is 2.26. The molecule has 0 saturated carbocycles. The van der Waals surface area contributed by atoms with Gasteiger partial charge in [0.25, 0.3) is 0 Å². The van der Waals surface area contributed by atoms with Crippen LogP contribution in [0.25, 0.3) is 10.6 Å². The number of hydrogen-bond donors (Lipinski definition) is 1. The number of aryl methyl sites for hydroxylation is 1. The van der Waals surface area contributed by atoms with Crippen LogP contribution in [-0.4, -0.2) is 34.8 Å². The quantitative estimate of drug-likeness (QED) is 0.854. The normalized spacial score (nSPS) is 15.0. The molecule has 5 nitrogen and oxygen atoms in total. The summed E-state index contributed by atoms with van der Waals surface area (Å²) in [6.45, 7) is 6.68. The highest BCUT2D eigenvalue weighted by molar-refractivity contribution is 7.13. The summed E-state index contributed by atoms with van der Waals surface area (Å²) in [6.07, 6.45) is 2.69. The minimum atomic E-state index is -0.0631. The predicted molar refractivity (Wildman–Crippen MR) is 100 cm³/mol. The van der Waals surface area contributed by atoms with E-state index in [9.17, 15) is 9.59 Å². The minimum Gasteiger partial charge on any atom is -0.339 e. The van der Waals surface area contributed by atoms with E-state index in [0.29, 0.717) is 25.9 Å². The Hall–Kier alpha value is -2.47. The first kappa shape index (κ1) is 17.4. The van der Waals surface area contributed by atoms with Crippen LogP contribution in [-0.2, 0) is 9.59 Å².